The van der Waals surface area contributed by atoms with Gasteiger partial charge in [0.2, 0.25) is 5.89 Å². The molecule has 2 aromatic rings. The van der Waals surface area contributed by atoms with Gasteiger partial charge >= 0.3 is 0 Å². The summed E-state index contributed by atoms with van der Waals surface area (Å²) in [5.41, 5.74) is 0. The minimum absolute atomic E-state index is 0.235. The highest BCUT2D eigenvalue weighted by Crippen LogP contribution is 2.31. The molecule has 0 amide bonds. The van der Waals surface area contributed by atoms with Gasteiger partial charge in [-0.2, -0.15) is 0 Å². The van der Waals surface area contributed by atoms with E-state index in [1.54, 1.807) is 18.7 Å². The molecule has 1 aliphatic heterocycles. The van der Waals surface area contributed by atoms with Crippen LogP contribution in [0.1, 0.15) is 49.3 Å². The Morgan fingerprint density at radius 3 is 2.68 bits per heavy atom. The molecule has 0 N–H and O–H groups in total. The predicted molar refractivity (Wildman–Crippen MR) is 69.7 cm³/mol. The Balaban J connectivity index is 1.61. The minimum Gasteiger partial charge on any atom is -0.449 e. The van der Waals surface area contributed by atoms with E-state index in [1.807, 2.05) is 6.92 Å². The number of aryl methyl sites for hydroxylation is 1. The molecule has 1 unspecified atom stereocenters. The van der Waals surface area contributed by atoms with Gasteiger partial charge in [0.05, 0.1) is 18.4 Å². The molecule has 0 aromatic carbocycles. The molecule has 5 heteroatoms. The highest BCUT2D eigenvalue weighted by Gasteiger charge is 2.28. The summed E-state index contributed by atoms with van der Waals surface area (Å²) in [5, 5.41) is 0. The van der Waals surface area contributed by atoms with Gasteiger partial charge in [-0.15, -0.1) is 0 Å². The van der Waals surface area contributed by atoms with Crippen molar-refractivity contribution >= 4 is 0 Å². The molecule has 0 aliphatic carbocycles. The molecule has 2 aromatic heterocycles. The summed E-state index contributed by atoms with van der Waals surface area (Å²) in [4.78, 5) is 11.0. The molecule has 0 bridgehead atoms. The zero-order chi connectivity index (χ0) is 13.2. The van der Waals surface area contributed by atoms with Gasteiger partial charge < -0.3 is 8.83 Å². The number of rotatable bonds is 3. The van der Waals surface area contributed by atoms with Crippen LogP contribution >= 0.6 is 0 Å². The van der Waals surface area contributed by atoms with Crippen LogP contribution in [0.15, 0.2) is 27.5 Å². The average Bonchev–Trinajstić information content (AvgIpc) is 3.09. The summed E-state index contributed by atoms with van der Waals surface area (Å²) in [6, 6.07) is 0.235. The van der Waals surface area contributed by atoms with Crippen LogP contribution in [0.3, 0.4) is 0 Å². The molecule has 102 valence electrons. The van der Waals surface area contributed by atoms with Crippen LogP contribution in [0, 0.1) is 6.92 Å². The van der Waals surface area contributed by atoms with Gasteiger partial charge in [-0.1, -0.05) is 0 Å². The van der Waals surface area contributed by atoms with Crippen molar-refractivity contribution < 1.29 is 8.83 Å². The molecule has 0 radical (unpaired) electrons. The Labute approximate surface area is 112 Å². The number of likely N-dealkylation sites (tertiary alicyclic amines) is 1. The first-order valence-corrected chi connectivity index (χ1v) is 6.80. The lowest BCUT2D eigenvalue weighted by atomic mass is 9.96. The Morgan fingerprint density at radius 2 is 2.11 bits per heavy atom. The fraction of sp³-hybridized carbons (Fsp3) is 0.571. The van der Waals surface area contributed by atoms with Gasteiger partial charge in [-0.25, -0.2) is 9.97 Å². The lowest BCUT2D eigenvalue weighted by Crippen LogP contribution is -2.35. The second kappa shape index (κ2) is 5.17. The van der Waals surface area contributed by atoms with E-state index >= 15 is 0 Å². The molecule has 0 saturated carbocycles. The lowest BCUT2D eigenvalue weighted by Gasteiger charge is -2.33. The van der Waals surface area contributed by atoms with Gasteiger partial charge in [0, 0.05) is 5.92 Å². The second-order valence-electron chi connectivity index (χ2n) is 5.17. The van der Waals surface area contributed by atoms with E-state index in [2.05, 4.69) is 21.8 Å². The van der Waals surface area contributed by atoms with Crippen LogP contribution in [0.25, 0.3) is 0 Å². The van der Waals surface area contributed by atoms with Crippen molar-refractivity contribution in [3.05, 3.63) is 36.2 Å². The smallest absolute Gasteiger partial charge is 0.211 e. The minimum atomic E-state index is 0.235. The van der Waals surface area contributed by atoms with Gasteiger partial charge in [-0.3, -0.25) is 4.90 Å². The molecular formula is C14H19N3O2. The number of aromatic nitrogens is 2. The van der Waals surface area contributed by atoms with Crippen molar-refractivity contribution in [2.75, 3.05) is 13.1 Å². The number of hydrogen-bond donors (Lipinski definition) is 0. The van der Waals surface area contributed by atoms with Crippen LogP contribution in [0.4, 0.5) is 0 Å². The maximum atomic E-state index is 5.61. The molecule has 5 nitrogen and oxygen atoms in total. The topological polar surface area (TPSA) is 55.3 Å². The van der Waals surface area contributed by atoms with Crippen molar-refractivity contribution in [3.8, 4) is 0 Å². The number of oxazole rings is 2. The van der Waals surface area contributed by atoms with Crippen LogP contribution in [0.2, 0.25) is 0 Å². The van der Waals surface area contributed by atoms with Gasteiger partial charge in [0.15, 0.2) is 5.89 Å². The van der Waals surface area contributed by atoms with E-state index in [0.717, 1.165) is 43.5 Å². The van der Waals surface area contributed by atoms with Crippen molar-refractivity contribution in [1.29, 1.82) is 0 Å². The van der Waals surface area contributed by atoms with Gasteiger partial charge in [0.1, 0.15) is 12.0 Å². The maximum absolute atomic E-state index is 5.61. The van der Waals surface area contributed by atoms with Crippen molar-refractivity contribution in [2.24, 2.45) is 0 Å². The Hall–Kier alpha value is -1.62. The molecule has 3 rings (SSSR count). The van der Waals surface area contributed by atoms with E-state index in [0.29, 0.717) is 5.92 Å². The van der Waals surface area contributed by atoms with Crippen LogP contribution < -0.4 is 0 Å². The fourth-order valence-electron chi connectivity index (χ4n) is 2.69. The number of piperidine rings is 1. The summed E-state index contributed by atoms with van der Waals surface area (Å²) in [7, 11) is 0. The quantitative estimate of drug-likeness (QED) is 0.850. The highest BCUT2D eigenvalue weighted by atomic mass is 16.4. The summed E-state index contributed by atoms with van der Waals surface area (Å²) in [6.07, 6.45) is 7.31. The molecule has 1 saturated heterocycles. The molecule has 3 heterocycles. The first-order valence-electron chi connectivity index (χ1n) is 6.80. The van der Waals surface area contributed by atoms with Crippen LogP contribution in [-0.4, -0.2) is 28.0 Å². The van der Waals surface area contributed by atoms with Gasteiger partial charge in [0.25, 0.3) is 0 Å². The predicted octanol–water partition coefficient (Wildman–Crippen LogP) is 2.91. The molecule has 19 heavy (non-hydrogen) atoms. The zero-order valence-corrected chi connectivity index (χ0v) is 11.4. The summed E-state index contributed by atoms with van der Waals surface area (Å²) in [6.45, 7) is 6.13. The first kappa shape index (κ1) is 12.4. The van der Waals surface area contributed by atoms with Crippen LogP contribution in [0.5, 0.6) is 0 Å². The monoisotopic (exact) mass is 261 g/mol. The molecular weight excluding hydrogens is 242 g/mol. The van der Waals surface area contributed by atoms with Crippen molar-refractivity contribution in [3.63, 3.8) is 0 Å². The van der Waals surface area contributed by atoms with Crippen molar-refractivity contribution in [1.82, 2.24) is 14.9 Å². The molecule has 0 spiro atoms. The molecule has 1 fully saturated rings. The second-order valence-corrected chi connectivity index (χ2v) is 5.17. The Bertz CT molecular complexity index is 513. The third-order valence-electron chi connectivity index (χ3n) is 3.87. The standard InChI is InChI=1S/C14H19N3O2/c1-10-9-16-13(19-10)11(2)17-6-3-12(4-7-17)14-15-5-8-18-14/h5,8-9,11-12H,3-4,6-7H2,1-2H3. The third kappa shape index (κ3) is 2.56. The van der Waals surface area contributed by atoms with Crippen molar-refractivity contribution in [2.45, 2.75) is 38.6 Å². The Morgan fingerprint density at radius 1 is 1.32 bits per heavy atom. The summed E-state index contributed by atoms with van der Waals surface area (Å²) >= 11 is 0. The fourth-order valence-corrected chi connectivity index (χ4v) is 2.69. The van der Waals surface area contributed by atoms with E-state index < -0.39 is 0 Å². The SMILES string of the molecule is Cc1cnc(C(C)N2CCC(c3ncco3)CC2)o1. The van der Waals surface area contributed by atoms with Crippen LogP contribution in [-0.2, 0) is 0 Å². The maximum Gasteiger partial charge on any atom is 0.211 e. The van der Waals surface area contributed by atoms with Gasteiger partial charge in [-0.05, 0) is 39.8 Å². The number of nitrogens with zero attached hydrogens (tertiary/aromatic N) is 3. The van der Waals surface area contributed by atoms with E-state index in [4.69, 9.17) is 8.83 Å². The first-order chi connectivity index (χ1) is 9.24. The Kier molecular flexibility index (Phi) is 3.38. The highest BCUT2D eigenvalue weighted by molar-refractivity contribution is 4.99. The van der Waals surface area contributed by atoms with E-state index in [-0.39, 0.29) is 6.04 Å². The molecule has 1 atom stereocenters. The number of hydrogen-bond acceptors (Lipinski definition) is 5. The van der Waals surface area contributed by atoms with E-state index in [9.17, 15) is 0 Å². The summed E-state index contributed by atoms with van der Waals surface area (Å²) in [5.74, 6) is 3.01. The third-order valence-corrected chi connectivity index (χ3v) is 3.87. The summed E-state index contributed by atoms with van der Waals surface area (Å²) < 4.78 is 11.0. The van der Waals surface area contributed by atoms with E-state index in [1.165, 1.54) is 0 Å². The molecule has 1 aliphatic rings. The largest absolute Gasteiger partial charge is 0.449 e. The average molecular weight is 261 g/mol. The normalized spacial score (nSPS) is 19.7. The zero-order valence-electron chi connectivity index (χ0n) is 11.4. The lowest BCUT2D eigenvalue weighted by molar-refractivity contribution is 0.135.